The van der Waals surface area contributed by atoms with Crippen molar-refractivity contribution in [2.75, 3.05) is 0 Å². The van der Waals surface area contributed by atoms with Gasteiger partial charge in [-0.15, -0.1) is 0 Å². The Kier molecular flexibility index (Phi) is 4.52. The van der Waals surface area contributed by atoms with Gasteiger partial charge in [-0.05, 0) is 100 Å². The lowest BCUT2D eigenvalue weighted by Gasteiger charge is -2.16. The third kappa shape index (κ3) is 3.01. The van der Waals surface area contributed by atoms with Gasteiger partial charge in [0.25, 0.3) is 0 Å². The summed E-state index contributed by atoms with van der Waals surface area (Å²) >= 11 is 0. The highest BCUT2D eigenvalue weighted by atomic mass is 14.2. The summed E-state index contributed by atoms with van der Waals surface area (Å²) in [6, 6.07) is 45.1. The van der Waals surface area contributed by atoms with Crippen molar-refractivity contribution >= 4 is 91.3 Å². The Labute approximate surface area is 223 Å². The van der Waals surface area contributed by atoms with Crippen LogP contribution in [0.5, 0.6) is 0 Å². The minimum atomic E-state index is 1.26. The number of benzene rings is 8. The molecule has 0 unspecified atom stereocenters. The van der Waals surface area contributed by atoms with E-state index in [2.05, 4.69) is 137 Å². The Morgan fingerprint density at radius 2 is 0.842 bits per heavy atom. The van der Waals surface area contributed by atoms with Gasteiger partial charge in [0.1, 0.15) is 15.7 Å². The molecular weight excluding hydrogens is 454 g/mol. The third-order valence-electron chi connectivity index (χ3n) is 8.60. The number of hydrogen-bond acceptors (Lipinski definition) is 0. The molecule has 0 atom stereocenters. The van der Waals surface area contributed by atoms with E-state index in [1.165, 1.54) is 86.7 Å². The van der Waals surface area contributed by atoms with E-state index in [4.69, 9.17) is 0 Å². The molecule has 0 saturated heterocycles. The lowest BCUT2D eigenvalue weighted by Crippen LogP contribution is -2.06. The van der Waals surface area contributed by atoms with Gasteiger partial charge in [0, 0.05) is 0 Å². The summed E-state index contributed by atoms with van der Waals surface area (Å²) in [5.74, 6) is 0. The van der Waals surface area contributed by atoms with Gasteiger partial charge in [-0.3, -0.25) is 0 Å². The van der Waals surface area contributed by atoms with E-state index < -0.39 is 0 Å². The molecule has 0 fully saturated rings. The molecule has 0 aromatic heterocycles. The van der Waals surface area contributed by atoms with Crippen molar-refractivity contribution in [3.63, 3.8) is 0 Å². The molecular formula is C36H24B2. The second-order valence-corrected chi connectivity index (χ2v) is 10.6. The molecule has 0 heterocycles. The third-order valence-corrected chi connectivity index (χ3v) is 8.60. The predicted molar refractivity (Wildman–Crippen MR) is 173 cm³/mol. The molecule has 0 aliphatic carbocycles. The van der Waals surface area contributed by atoms with E-state index in [9.17, 15) is 0 Å². The smallest absolute Gasteiger partial charge is 0.0736 e. The summed E-state index contributed by atoms with van der Waals surface area (Å²) in [7, 11) is 4.51. The van der Waals surface area contributed by atoms with Crippen LogP contribution in [0.15, 0.2) is 121 Å². The molecule has 174 valence electrons. The van der Waals surface area contributed by atoms with E-state index in [0.29, 0.717) is 0 Å². The van der Waals surface area contributed by atoms with Crippen LogP contribution < -0.4 is 10.9 Å². The van der Waals surface area contributed by atoms with Crippen molar-refractivity contribution in [1.82, 2.24) is 0 Å². The Morgan fingerprint density at radius 3 is 1.55 bits per heavy atom. The minimum Gasteiger partial charge on any atom is -0.0736 e. The molecule has 8 aromatic carbocycles. The van der Waals surface area contributed by atoms with Gasteiger partial charge >= 0.3 is 0 Å². The lowest BCUT2D eigenvalue weighted by atomic mass is 9.81. The number of rotatable bonds is 1. The first-order valence-electron chi connectivity index (χ1n) is 13.4. The molecule has 0 saturated carbocycles. The van der Waals surface area contributed by atoms with Gasteiger partial charge in [-0.1, -0.05) is 108 Å². The zero-order valence-corrected chi connectivity index (χ0v) is 21.5. The fourth-order valence-electron chi connectivity index (χ4n) is 6.64. The van der Waals surface area contributed by atoms with Gasteiger partial charge < -0.3 is 0 Å². The summed E-state index contributed by atoms with van der Waals surface area (Å²) in [6.45, 7) is 0. The SMILES string of the molecule is Bc1c2ccccc2cc2c1ccc1cc(-c3cc4c(B)c5ccccc5cc4c4ccccc34)ccc12. The first kappa shape index (κ1) is 21.5. The van der Waals surface area contributed by atoms with Crippen molar-refractivity contribution in [1.29, 1.82) is 0 Å². The Hall–Kier alpha value is -4.55. The highest BCUT2D eigenvalue weighted by molar-refractivity contribution is 6.47. The molecule has 0 spiro atoms. The maximum absolute atomic E-state index is 2.42. The second-order valence-electron chi connectivity index (χ2n) is 10.6. The van der Waals surface area contributed by atoms with Crippen LogP contribution in [0.2, 0.25) is 0 Å². The Bertz CT molecular complexity index is 2260. The highest BCUT2D eigenvalue weighted by Gasteiger charge is 2.13. The van der Waals surface area contributed by atoms with Crippen LogP contribution in [0.3, 0.4) is 0 Å². The summed E-state index contributed by atoms with van der Waals surface area (Å²) in [4.78, 5) is 0. The van der Waals surface area contributed by atoms with Crippen LogP contribution >= 0.6 is 0 Å². The largest absolute Gasteiger partial charge is 0.140 e. The number of fused-ring (bicyclic) bond motifs is 8. The average molecular weight is 478 g/mol. The fraction of sp³-hybridized carbons (Fsp3) is 0. The summed E-state index contributed by atoms with van der Waals surface area (Å²) in [6.07, 6.45) is 0. The average Bonchev–Trinajstić information content (AvgIpc) is 2.97. The molecule has 0 nitrogen and oxygen atoms in total. The van der Waals surface area contributed by atoms with Crippen molar-refractivity contribution in [3.8, 4) is 11.1 Å². The zero-order chi connectivity index (χ0) is 25.4. The predicted octanol–water partition coefficient (Wildman–Crippen LogP) is 6.79. The van der Waals surface area contributed by atoms with Gasteiger partial charge in [-0.25, -0.2) is 0 Å². The van der Waals surface area contributed by atoms with E-state index in [0.717, 1.165) is 0 Å². The molecule has 0 aliphatic rings. The quantitative estimate of drug-likeness (QED) is 0.139. The van der Waals surface area contributed by atoms with Crippen LogP contribution in [0.1, 0.15) is 0 Å². The molecule has 8 rings (SSSR count). The van der Waals surface area contributed by atoms with E-state index in [-0.39, 0.29) is 0 Å². The Morgan fingerprint density at radius 1 is 0.316 bits per heavy atom. The summed E-state index contributed by atoms with van der Waals surface area (Å²) in [5, 5.41) is 15.8. The monoisotopic (exact) mass is 478 g/mol. The van der Waals surface area contributed by atoms with E-state index in [1.807, 2.05) is 0 Å². The van der Waals surface area contributed by atoms with Crippen molar-refractivity contribution < 1.29 is 0 Å². The molecule has 38 heavy (non-hydrogen) atoms. The molecule has 8 aromatic rings. The van der Waals surface area contributed by atoms with Crippen LogP contribution in [-0.4, -0.2) is 15.7 Å². The topological polar surface area (TPSA) is 0 Å². The highest BCUT2D eigenvalue weighted by Crippen LogP contribution is 2.38. The van der Waals surface area contributed by atoms with Crippen LogP contribution in [0.25, 0.3) is 75.8 Å². The maximum Gasteiger partial charge on any atom is 0.140 e. The number of hydrogen-bond donors (Lipinski definition) is 0. The maximum atomic E-state index is 2.42. The van der Waals surface area contributed by atoms with Gasteiger partial charge in [0.05, 0.1) is 0 Å². The Balaban J connectivity index is 1.43. The van der Waals surface area contributed by atoms with Gasteiger partial charge in [0.2, 0.25) is 0 Å². The summed E-state index contributed by atoms with van der Waals surface area (Å²) < 4.78 is 0. The van der Waals surface area contributed by atoms with Crippen molar-refractivity contribution in [2.45, 2.75) is 0 Å². The molecule has 2 heteroatoms. The molecule has 0 radical (unpaired) electrons. The molecule has 0 amide bonds. The van der Waals surface area contributed by atoms with Crippen LogP contribution in [0.4, 0.5) is 0 Å². The zero-order valence-electron chi connectivity index (χ0n) is 21.5. The lowest BCUT2D eigenvalue weighted by molar-refractivity contribution is 1.72. The van der Waals surface area contributed by atoms with Gasteiger partial charge in [-0.2, -0.15) is 0 Å². The van der Waals surface area contributed by atoms with Crippen molar-refractivity contribution in [2.24, 2.45) is 0 Å². The summed E-state index contributed by atoms with van der Waals surface area (Å²) in [5.41, 5.74) is 5.26. The van der Waals surface area contributed by atoms with Crippen molar-refractivity contribution in [3.05, 3.63) is 121 Å². The first-order valence-corrected chi connectivity index (χ1v) is 13.4. The standard InChI is InChI=1S/C36H24B2/c37-35-26-9-3-1-7-21(26)18-32-25-15-13-24(17-23(25)14-16-30(32)35)31-20-34-33(29-12-6-5-11-28(29)31)19-22-8-2-4-10-27(22)36(34)38/h1-20H,37-38H2. The second kappa shape index (κ2) is 7.97. The van der Waals surface area contributed by atoms with E-state index >= 15 is 0 Å². The van der Waals surface area contributed by atoms with Crippen LogP contribution in [0, 0.1) is 0 Å². The van der Waals surface area contributed by atoms with E-state index in [1.54, 1.807) is 0 Å². The molecule has 0 aliphatic heterocycles. The first-order chi connectivity index (χ1) is 18.7. The minimum absolute atomic E-state index is 1.26. The normalized spacial score (nSPS) is 11.9. The fourth-order valence-corrected chi connectivity index (χ4v) is 6.64. The molecule has 0 bridgehead atoms. The molecule has 0 N–H and O–H groups in total. The van der Waals surface area contributed by atoms with Gasteiger partial charge in [0.15, 0.2) is 0 Å². The van der Waals surface area contributed by atoms with Crippen LogP contribution in [-0.2, 0) is 0 Å².